The van der Waals surface area contributed by atoms with E-state index in [9.17, 15) is 0 Å². The minimum Gasteiger partial charge on any atom is -0.485 e. The van der Waals surface area contributed by atoms with Crippen molar-refractivity contribution in [2.24, 2.45) is 23.2 Å². The molecule has 4 bridgehead atoms. The van der Waals surface area contributed by atoms with Gasteiger partial charge in [-0.05, 0) is 68.4 Å². The first kappa shape index (κ1) is 11.4. The summed E-state index contributed by atoms with van der Waals surface area (Å²) in [4.78, 5) is 0. The van der Waals surface area contributed by atoms with E-state index in [-0.39, 0.29) is 0 Å². The van der Waals surface area contributed by atoms with Gasteiger partial charge in [0.2, 0.25) is 0 Å². The first-order chi connectivity index (χ1) is 9.81. The van der Waals surface area contributed by atoms with Crippen LogP contribution in [0.25, 0.3) is 6.08 Å². The number of hydrogen-bond acceptors (Lipinski definition) is 1. The molecule has 1 heterocycles. The van der Waals surface area contributed by atoms with Gasteiger partial charge in [-0.15, -0.1) is 0 Å². The van der Waals surface area contributed by atoms with Gasteiger partial charge in [-0.3, -0.25) is 0 Å². The van der Waals surface area contributed by atoms with Crippen LogP contribution in [0.2, 0.25) is 0 Å². The lowest BCUT2D eigenvalue weighted by Crippen LogP contribution is -2.53. The number of fused-ring (bicyclic) bond motifs is 1. The summed E-state index contributed by atoms with van der Waals surface area (Å²) in [6.45, 7) is 0. The standard InChI is InChI=1S/C19H22O/c1-2-4-17-16(3-1)5-6-18(20-17)19-10-13-7-14(11-19)9-15(8-13)12-19/h1-6,13-15,18H,7-12H2. The van der Waals surface area contributed by atoms with Crippen molar-refractivity contribution < 1.29 is 4.74 Å². The summed E-state index contributed by atoms with van der Waals surface area (Å²) in [5.41, 5.74) is 1.70. The zero-order valence-electron chi connectivity index (χ0n) is 11.9. The smallest absolute Gasteiger partial charge is 0.127 e. The van der Waals surface area contributed by atoms with E-state index in [4.69, 9.17) is 4.74 Å². The summed E-state index contributed by atoms with van der Waals surface area (Å²) in [5, 5.41) is 0. The van der Waals surface area contributed by atoms with Crippen molar-refractivity contribution in [3.8, 4) is 5.75 Å². The Morgan fingerprint density at radius 1 is 0.900 bits per heavy atom. The molecule has 0 radical (unpaired) electrons. The minimum absolute atomic E-state index is 0.325. The lowest BCUT2D eigenvalue weighted by Gasteiger charge is -2.58. The van der Waals surface area contributed by atoms with Crippen molar-refractivity contribution in [1.82, 2.24) is 0 Å². The predicted octanol–water partition coefficient (Wildman–Crippen LogP) is 4.68. The molecule has 1 aromatic rings. The topological polar surface area (TPSA) is 9.23 Å². The van der Waals surface area contributed by atoms with Gasteiger partial charge in [-0.25, -0.2) is 0 Å². The molecule has 0 saturated heterocycles. The zero-order valence-corrected chi connectivity index (χ0v) is 11.9. The van der Waals surface area contributed by atoms with E-state index in [1.165, 1.54) is 44.1 Å². The van der Waals surface area contributed by atoms with Gasteiger partial charge in [0.15, 0.2) is 0 Å². The number of hydrogen-bond donors (Lipinski definition) is 0. The molecule has 1 atom stereocenters. The summed E-state index contributed by atoms with van der Waals surface area (Å²) in [6, 6.07) is 8.47. The molecule has 6 rings (SSSR count). The van der Waals surface area contributed by atoms with Crippen LogP contribution in [0, 0.1) is 23.2 Å². The van der Waals surface area contributed by atoms with Crippen molar-refractivity contribution in [3.63, 3.8) is 0 Å². The van der Waals surface area contributed by atoms with Gasteiger partial charge in [-0.1, -0.05) is 24.3 Å². The highest BCUT2D eigenvalue weighted by molar-refractivity contribution is 5.60. The lowest BCUT2D eigenvalue weighted by molar-refractivity contribution is -0.0972. The molecular weight excluding hydrogens is 244 g/mol. The second-order valence-corrected chi connectivity index (χ2v) is 7.72. The Morgan fingerprint density at radius 2 is 1.55 bits per heavy atom. The Balaban J connectivity index is 1.50. The van der Waals surface area contributed by atoms with Gasteiger partial charge < -0.3 is 4.74 Å². The SMILES string of the molecule is C1=CC(C23CC4CC(CC(C4)C2)C3)Oc2ccccc21. The van der Waals surface area contributed by atoms with Crippen LogP contribution in [0.3, 0.4) is 0 Å². The van der Waals surface area contributed by atoms with Crippen molar-refractivity contribution in [3.05, 3.63) is 35.9 Å². The highest BCUT2D eigenvalue weighted by Crippen LogP contribution is 2.62. The fraction of sp³-hybridized carbons (Fsp3) is 0.579. The third-order valence-corrected chi connectivity index (χ3v) is 6.31. The molecule has 20 heavy (non-hydrogen) atoms. The van der Waals surface area contributed by atoms with Crippen LogP contribution in [0.15, 0.2) is 30.3 Å². The van der Waals surface area contributed by atoms with E-state index >= 15 is 0 Å². The Morgan fingerprint density at radius 3 is 2.25 bits per heavy atom. The number of benzene rings is 1. The third-order valence-electron chi connectivity index (χ3n) is 6.31. The Kier molecular flexibility index (Phi) is 2.23. The zero-order chi connectivity index (χ0) is 13.2. The lowest BCUT2D eigenvalue weighted by atomic mass is 9.48. The second-order valence-electron chi connectivity index (χ2n) is 7.72. The number of rotatable bonds is 1. The molecule has 0 spiro atoms. The maximum absolute atomic E-state index is 6.43. The molecule has 0 amide bonds. The highest BCUT2D eigenvalue weighted by atomic mass is 16.5. The van der Waals surface area contributed by atoms with Crippen molar-refractivity contribution in [1.29, 1.82) is 0 Å². The van der Waals surface area contributed by atoms with Crippen molar-refractivity contribution in [2.45, 2.75) is 44.6 Å². The van der Waals surface area contributed by atoms with E-state index in [2.05, 4.69) is 36.4 Å². The molecule has 104 valence electrons. The largest absolute Gasteiger partial charge is 0.485 e. The molecule has 0 N–H and O–H groups in total. The van der Waals surface area contributed by atoms with E-state index in [0.717, 1.165) is 23.5 Å². The van der Waals surface area contributed by atoms with Gasteiger partial charge in [0.25, 0.3) is 0 Å². The molecule has 5 aliphatic rings. The predicted molar refractivity (Wildman–Crippen MR) is 80.5 cm³/mol. The molecule has 1 aromatic carbocycles. The fourth-order valence-electron chi connectivity index (χ4n) is 5.95. The Bertz CT molecular complexity index is 536. The maximum Gasteiger partial charge on any atom is 0.127 e. The van der Waals surface area contributed by atoms with Crippen LogP contribution < -0.4 is 4.74 Å². The molecule has 1 aliphatic heterocycles. The molecule has 0 aromatic heterocycles. The third kappa shape index (κ3) is 1.55. The number of ether oxygens (including phenoxy) is 1. The molecule has 1 heteroatoms. The van der Waals surface area contributed by atoms with Crippen LogP contribution in [-0.4, -0.2) is 6.10 Å². The minimum atomic E-state index is 0.325. The van der Waals surface area contributed by atoms with Gasteiger partial charge in [0.1, 0.15) is 11.9 Å². The van der Waals surface area contributed by atoms with Gasteiger partial charge >= 0.3 is 0 Å². The Labute approximate surface area is 121 Å². The molecule has 4 saturated carbocycles. The van der Waals surface area contributed by atoms with Crippen molar-refractivity contribution >= 4 is 6.08 Å². The van der Waals surface area contributed by atoms with E-state index < -0.39 is 0 Å². The maximum atomic E-state index is 6.43. The van der Waals surface area contributed by atoms with Crippen LogP contribution in [-0.2, 0) is 0 Å². The van der Waals surface area contributed by atoms with Gasteiger partial charge in [-0.2, -0.15) is 0 Å². The molecule has 1 unspecified atom stereocenters. The fourth-order valence-corrected chi connectivity index (χ4v) is 5.95. The monoisotopic (exact) mass is 266 g/mol. The first-order valence-electron chi connectivity index (χ1n) is 8.25. The van der Waals surface area contributed by atoms with E-state index in [1.54, 1.807) is 0 Å². The first-order valence-corrected chi connectivity index (χ1v) is 8.25. The average molecular weight is 266 g/mol. The summed E-state index contributed by atoms with van der Waals surface area (Å²) in [5.74, 6) is 4.08. The van der Waals surface area contributed by atoms with Crippen LogP contribution in [0.4, 0.5) is 0 Å². The summed E-state index contributed by atoms with van der Waals surface area (Å²) in [6.07, 6.45) is 13.7. The van der Waals surface area contributed by atoms with Crippen LogP contribution in [0.5, 0.6) is 5.75 Å². The molecule has 1 nitrogen and oxygen atoms in total. The summed E-state index contributed by atoms with van der Waals surface area (Å²) >= 11 is 0. The molecule has 4 fully saturated rings. The summed E-state index contributed by atoms with van der Waals surface area (Å²) in [7, 11) is 0. The summed E-state index contributed by atoms with van der Waals surface area (Å²) < 4.78 is 6.43. The molecular formula is C19H22O. The van der Waals surface area contributed by atoms with Crippen molar-refractivity contribution in [2.75, 3.05) is 0 Å². The average Bonchev–Trinajstić information content (AvgIpc) is 2.45. The van der Waals surface area contributed by atoms with Gasteiger partial charge in [0.05, 0.1) is 0 Å². The quantitative estimate of drug-likeness (QED) is 0.717. The van der Waals surface area contributed by atoms with E-state index in [0.29, 0.717) is 11.5 Å². The van der Waals surface area contributed by atoms with E-state index in [1.807, 2.05) is 0 Å². The molecule has 4 aliphatic carbocycles. The van der Waals surface area contributed by atoms with Crippen LogP contribution >= 0.6 is 0 Å². The van der Waals surface area contributed by atoms with Crippen LogP contribution in [0.1, 0.15) is 44.1 Å². The Hall–Kier alpha value is -1.24. The number of para-hydroxylation sites is 1. The van der Waals surface area contributed by atoms with Gasteiger partial charge in [0, 0.05) is 11.0 Å². The highest BCUT2D eigenvalue weighted by Gasteiger charge is 2.54. The second kappa shape index (κ2) is 3.90. The normalized spacial score (nSPS) is 44.2.